The van der Waals surface area contributed by atoms with Crippen LogP contribution in [0.15, 0.2) is 12.2 Å². The average Bonchev–Trinajstić information content (AvgIpc) is 3.36. The summed E-state index contributed by atoms with van der Waals surface area (Å²) in [4.78, 5) is 19.1. The number of carbonyl (C=O) groups excluding carboxylic acids is 1. The van der Waals surface area contributed by atoms with Gasteiger partial charge in [-0.15, -0.1) is 0 Å². The van der Waals surface area contributed by atoms with Gasteiger partial charge in [-0.25, -0.2) is 4.79 Å². The third-order valence-corrected chi connectivity index (χ3v) is 24.6. The number of nitrogens with zero attached hydrogens (tertiary/aromatic N) is 2. The molecule has 0 radical (unpaired) electrons. The Morgan fingerprint density at radius 1 is 0.935 bits per heavy atom. The van der Waals surface area contributed by atoms with Crippen molar-refractivity contribution in [2.75, 3.05) is 32.8 Å². The van der Waals surface area contributed by atoms with Crippen LogP contribution in [0.2, 0.25) is 34.8 Å². The molecule has 0 unspecified atom stereocenters. The maximum absolute atomic E-state index is 14.0. The van der Waals surface area contributed by atoms with Gasteiger partial charge in [-0.3, -0.25) is 9.80 Å². The molecule has 6 nitrogen and oxygen atoms in total. The van der Waals surface area contributed by atoms with E-state index in [0.717, 1.165) is 45.5 Å². The van der Waals surface area contributed by atoms with E-state index in [1.807, 2.05) is 0 Å². The van der Waals surface area contributed by atoms with Crippen molar-refractivity contribution >= 4 is 22.7 Å². The number of amides is 1. The Balaban J connectivity index is 1.62. The Labute approximate surface area is 285 Å². The molecule has 1 saturated carbocycles. The molecule has 1 spiro atoms. The Morgan fingerprint density at radius 3 is 2.22 bits per heavy atom. The largest absolute Gasteiger partial charge is 0.441 e. The molecule has 4 bridgehead atoms. The summed E-state index contributed by atoms with van der Waals surface area (Å²) in [5, 5.41) is 0.107. The summed E-state index contributed by atoms with van der Waals surface area (Å²) in [5.74, 6) is 0.976. The number of piperidine rings is 1. The molecule has 0 aromatic rings. The number of hydrogen-bond acceptors (Lipinski definition) is 5. The Kier molecular flexibility index (Phi) is 10.8. The molecule has 264 valence electrons. The van der Waals surface area contributed by atoms with Gasteiger partial charge in [0.1, 0.15) is 5.54 Å². The van der Waals surface area contributed by atoms with Gasteiger partial charge in [0.05, 0.1) is 6.61 Å². The first-order valence-corrected chi connectivity index (χ1v) is 24.2. The van der Waals surface area contributed by atoms with E-state index in [2.05, 4.69) is 97.4 Å². The van der Waals surface area contributed by atoms with Crippen LogP contribution in [0.3, 0.4) is 0 Å². The van der Waals surface area contributed by atoms with Gasteiger partial charge in [0.2, 0.25) is 0 Å². The second-order valence-electron chi connectivity index (χ2n) is 18.4. The molecule has 4 aliphatic heterocycles. The number of hydrogen-bond donors (Lipinski definition) is 0. The van der Waals surface area contributed by atoms with Crippen LogP contribution in [0, 0.1) is 17.3 Å². The van der Waals surface area contributed by atoms with Crippen molar-refractivity contribution in [2.45, 2.75) is 173 Å². The normalized spacial score (nSPS) is 35.2. The molecular weight excluding hydrogens is 605 g/mol. The van der Waals surface area contributed by atoms with Crippen molar-refractivity contribution in [3.05, 3.63) is 12.2 Å². The zero-order valence-electron chi connectivity index (χ0n) is 31.6. The number of cyclic esters (lactones) is 1. The molecule has 5 rings (SSSR count). The minimum Gasteiger partial charge on any atom is -0.441 e. The Bertz CT molecular complexity index is 1080. The number of carbonyl (C=O) groups is 1. The van der Waals surface area contributed by atoms with Crippen molar-refractivity contribution in [1.82, 2.24) is 9.80 Å². The first-order valence-electron chi connectivity index (χ1n) is 19.2. The molecule has 8 heteroatoms. The predicted octanol–water partition coefficient (Wildman–Crippen LogP) is 9.77. The van der Waals surface area contributed by atoms with Crippen LogP contribution in [0.4, 0.5) is 4.79 Å². The number of allylic oxidation sites excluding steroid dienone is 2. The summed E-state index contributed by atoms with van der Waals surface area (Å²) >= 11 is 0. The molecule has 0 N–H and O–H groups in total. The molecule has 6 atom stereocenters. The zero-order valence-corrected chi connectivity index (χ0v) is 33.6. The summed E-state index contributed by atoms with van der Waals surface area (Å²) in [6, 6.07) is 0.236. The fourth-order valence-corrected chi connectivity index (χ4v) is 17.7. The maximum Gasteiger partial charge on any atom is 0.410 e. The monoisotopic (exact) mass is 674 g/mol. The molecule has 4 heterocycles. The van der Waals surface area contributed by atoms with Gasteiger partial charge < -0.3 is 13.6 Å². The summed E-state index contributed by atoms with van der Waals surface area (Å²) in [6.07, 6.45) is 15.3. The van der Waals surface area contributed by atoms with Crippen LogP contribution in [0.25, 0.3) is 0 Å². The molecule has 0 aromatic heterocycles. The van der Waals surface area contributed by atoms with Gasteiger partial charge in [0, 0.05) is 24.6 Å². The lowest BCUT2D eigenvalue weighted by Gasteiger charge is -2.64. The van der Waals surface area contributed by atoms with E-state index in [-0.39, 0.29) is 34.2 Å². The SMILES string of the molecule is CC(C)[Si](OC[C@]12CCC/C=C\CCCCCN3CC[C@H]4[C@H](CN5C(=O)O[C@H](CO[Si](C)(C)C(C)(C)C)[C@@]45[C@@H]31)C2)(C(C)C)C(C)C. The van der Waals surface area contributed by atoms with Crippen LogP contribution in [-0.2, 0) is 13.6 Å². The molecule has 46 heavy (non-hydrogen) atoms. The van der Waals surface area contributed by atoms with Crippen molar-refractivity contribution in [3.8, 4) is 0 Å². The smallest absolute Gasteiger partial charge is 0.410 e. The zero-order chi connectivity index (χ0) is 33.7. The molecule has 5 aliphatic rings. The maximum atomic E-state index is 14.0. The van der Waals surface area contributed by atoms with Crippen LogP contribution in [0.1, 0.15) is 120 Å². The average molecular weight is 675 g/mol. The highest BCUT2D eigenvalue weighted by atomic mass is 28.4. The van der Waals surface area contributed by atoms with Gasteiger partial charge in [0.15, 0.2) is 22.7 Å². The summed E-state index contributed by atoms with van der Waals surface area (Å²) in [5.41, 5.74) is 1.30. The topological polar surface area (TPSA) is 51.2 Å². The first-order chi connectivity index (χ1) is 21.5. The highest BCUT2D eigenvalue weighted by Gasteiger charge is 2.77. The third-order valence-electron chi connectivity index (χ3n) is 14.1. The fraction of sp³-hybridized carbons (Fsp3) is 0.921. The predicted molar refractivity (Wildman–Crippen MR) is 195 cm³/mol. The number of rotatable bonds is 9. The Hall–Kier alpha value is -0.676. The van der Waals surface area contributed by atoms with Gasteiger partial charge in [-0.1, -0.05) is 80.9 Å². The molecule has 1 aliphatic carbocycles. The summed E-state index contributed by atoms with van der Waals surface area (Å²) < 4.78 is 21.2. The van der Waals surface area contributed by atoms with E-state index in [4.69, 9.17) is 13.6 Å². The highest BCUT2D eigenvalue weighted by molar-refractivity contribution is 6.77. The molecular formula is C38H70N2O4Si2. The highest BCUT2D eigenvalue weighted by Crippen LogP contribution is 2.65. The first kappa shape index (κ1) is 36.6. The van der Waals surface area contributed by atoms with Crippen LogP contribution >= 0.6 is 0 Å². The van der Waals surface area contributed by atoms with Gasteiger partial charge in [-0.2, -0.15) is 0 Å². The summed E-state index contributed by atoms with van der Waals surface area (Å²) in [6.45, 7) is 30.6. The van der Waals surface area contributed by atoms with Crippen molar-refractivity contribution in [1.29, 1.82) is 0 Å². The minimum absolute atomic E-state index is 0.0155. The van der Waals surface area contributed by atoms with E-state index in [0.29, 0.717) is 35.1 Å². The van der Waals surface area contributed by atoms with Crippen LogP contribution in [-0.4, -0.2) is 83.1 Å². The van der Waals surface area contributed by atoms with Crippen molar-refractivity contribution in [3.63, 3.8) is 0 Å². The molecule has 1 amide bonds. The van der Waals surface area contributed by atoms with E-state index in [1.54, 1.807) is 0 Å². The van der Waals surface area contributed by atoms with Crippen LogP contribution < -0.4 is 0 Å². The minimum atomic E-state index is -2.11. The van der Waals surface area contributed by atoms with Gasteiger partial charge in [0.25, 0.3) is 0 Å². The van der Waals surface area contributed by atoms with Crippen LogP contribution in [0.5, 0.6) is 0 Å². The molecule has 4 fully saturated rings. The van der Waals surface area contributed by atoms with Gasteiger partial charge >= 0.3 is 6.09 Å². The Morgan fingerprint density at radius 2 is 1.59 bits per heavy atom. The quantitative estimate of drug-likeness (QED) is 0.180. The summed E-state index contributed by atoms with van der Waals surface area (Å²) in [7, 11) is -4.15. The van der Waals surface area contributed by atoms with Gasteiger partial charge in [-0.05, 0) is 111 Å². The molecule has 3 saturated heterocycles. The molecule has 0 aromatic carbocycles. The fourth-order valence-electron chi connectivity index (χ4n) is 11.1. The lowest BCUT2D eigenvalue weighted by Crippen LogP contribution is -2.76. The second-order valence-corrected chi connectivity index (χ2v) is 28.7. The second kappa shape index (κ2) is 13.6. The lowest BCUT2D eigenvalue weighted by molar-refractivity contribution is -0.157. The van der Waals surface area contributed by atoms with Crippen molar-refractivity contribution < 1.29 is 18.4 Å². The van der Waals surface area contributed by atoms with E-state index >= 15 is 0 Å². The lowest BCUT2D eigenvalue weighted by atomic mass is 9.51. The van der Waals surface area contributed by atoms with E-state index in [1.165, 1.54) is 38.5 Å². The van der Waals surface area contributed by atoms with E-state index in [9.17, 15) is 4.79 Å². The number of ether oxygens (including phenoxy) is 1. The third kappa shape index (κ3) is 6.04. The standard InChI is InChI=1S/C38H70N2O4Si2/c1-28(2)46(29(3)4,30(5)6)43-27-37-21-18-16-14-12-13-15-17-19-22-39-23-20-32-31(24-37)25-40-35(41)44-33(38(32,40)34(37)39)26-42-45(10,11)36(7,8)9/h12,14,28-34H,13,15-27H2,1-11H3/b14-12-/t31-,32-,33+,34-,37+,38+/m0/s1. The van der Waals surface area contributed by atoms with E-state index < -0.39 is 16.6 Å². The van der Waals surface area contributed by atoms with Crippen molar-refractivity contribution in [2.24, 2.45) is 17.3 Å².